The highest BCUT2D eigenvalue weighted by molar-refractivity contribution is 5.85. The van der Waals surface area contributed by atoms with E-state index >= 15 is 0 Å². The molecule has 2 unspecified atom stereocenters. The van der Waals surface area contributed by atoms with Crippen LogP contribution < -0.4 is 10.5 Å². The normalized spacial score (nSPS) is 14.1. The summed E-state index contributed by atoms with van der Waals surface area (Å²) in [5, 5.41) is 9.03. The first-order chi connectivity index (χ1) is 5.70. The average molecular weight is 204 g/mol. The molecule has 2 atom stereocenters. The lowest BCUT2D eigenvalue weighted by Crippen LogP contribution is -2.37. The van der Waals surface area contributed by atoms with Crippen molar-refractivity contribution in [3.8, 4) is 5.75 Å². The van der Waals surface area contributed by atoms with Crippen LogP contribution >= 0.6 is 12.4 Å². The Morgan fingerprint density at radius 2 is 1.85 bits per heavy atom. The van der Waals surface area contributed by atoms with Crippen LogP contribution in [0.1, 0.15) is 6.92 Å². The predicted molar refractivity (Wildman–Crippen MR) is 54.0 cm³/mol. The van der Waals surface area contributed by atoms with Gasteiger partial charge in [-0.2, -0.15) is 0 Å². The summed E-state index contributed by atoms with van der Waals surface area (Å²) in [5.41, 5.74) is 5.48. The van der Waals surface area contributed by atoms with Crippen molar-refractivity contribution >= 4 is 12.4 Å². The largest absolute Gasteiger partial charge is 0.473 e. The monoisotopic (exact) mass is 203 g/mol. The number of aliphatic hydroxyl groups excluding tert-OH is 1. The number of halogens is 1. The molecule has 0 amide bonds. The van der Waals surface area contributed by atoms with Crippen LogP contribution in [0.3, 0.4) is 0 Å². The quantitative estimate of drug-likeness (QED) is 0.725. The minimum absolute atomic E-state index is 0. The zero-order valence-electron chi connectivity index (χ0n) is 7.38. The molecule has 1 aromatic rings. The molecule has 0 aromatic heterocycles. The predicted octanol–water partition coefficient (Wildman–Crippen LogP) is 1.15. The van der Waals surface area contributed by atoms with E-state index in [0.717, 1.165) is 0 Å². The van der Waals surface area contributed by atoms with Crippen molar-refractivity contribution in [2.45, 2.75) is 19.3 Å². The second kappa shape index (κ2) is 5.80. The summed E-state index contributed by atoms with van der Waals surface area (Å²) < 4.78 is 5.20. The van der Waals surface area contributed by atoms with Gasteiger partial charge < -0.3 is 9.84 Å². The number of aliphatic hydroxyl groups is 1. The molecular weight excluding hydrogens is 190 g/mol. The van der Waals surface area contributed by atoms with Crippen molar-refractivity contribution in [2.24, 2.45) is 5.73 Å². The van der Waals surface area contributed by atoms with Crippen molar-refractivity contribution in [1.82, 2.24) is 0 Å². The van der Waals surface area contributed by atoms with Crippen LogP contribution in [0.15, 0.2) is 30.3 Å². The van der Waals surface area contributed by atoms with Gasteiger partial charge in [0, 0.05) is 0 Å². The number of ether oxygens (including phenoxy) is 1. The topological polar surface area (TPSA) is 55.5 Å². The van der Waals surface area contributed by atoms with Gasteiger partial charge in [0.1, 0.15) is 11.9 Å². The summed E-state index contributed by atoms with van der Waals surface area (Å²) in [5.74, 6) is 0.672. The fourth-order valence-electron chi connectivity index (χ4n) is 0.755. The number of nitrogens with two attached hydrogens (primary N) is 1. The zero-order valence-corrected chi connectivity index (χ0v) is 8.20. The first-order valence-corrected chi connectivity index (χ1v) is 3.85. The van der Waals surface area contributed by atoms with Crippen LogP contribution in [0.5, 0.6) is 5.75 Å². The minimum Gasteiger partial charge on any atom is -0.473 e. The molecular formula is C9H14ClNO2. The summed E-state index contributed by atoms with van der Waals surface area (Å²) in [6.45, 7) is 1.59. The summed E-state index contributed by atoms with van der Waals surface area (Å²) in [7, 11) is 0. The third-order valence-corrected chi connectivity index (χ3v) is 1.49. The van der Waals surface area contributed by atoms with Crippen molar-refractivity contribution in [3.05, 3.63) is 30.3 Å². The first-order valence-electron chi connectivity index (χ1n) is 3.85. The maximum absolute atomic E-state index is 9.03. The molecule has 0 fully saturated rings. The highest BCUT2D eigenvalue weighted by Crippen LogP contribution is 2.10. The van der Waals surface area contributed by atoms with E-state index in [1.165, 1.54) is 0 Å². The molecule has 0 heterocycles. The molecule has 13 heavy (non-hydrogen) atoms. The van der Waals surface area contributed by atoms with Crippen molar-refractivity contribution < 1.29 is 9.84 Å². The third kappa shape index (κ3) is 4.12. The molecule has 0 spiro atoms. The van der Waals surface area contributed by atoms with Gasteiger partial charge >= 0.3 is 0 Å². The molecule has 0 aliphatic rings. The SMILES string of the molecule is CC(O)C(N)Oc1ccccc1.Cl. The number of hydrogen-bond donors (Lipinski definition) is 2. The van der Waals surface area contributed by atoms with Gasteiger partial charge in [-0.25, -0.2) is 0 Å². The van der Waals surface area contributed by atoms with Crippen molar-refractivity contribution in [1.29, 1.82) is 0 Å². The number of benzene rings is 1. The van der Waals surface area contributed by atoms with Gasteiger partial charge in [-0.05, 0) is 19.1 Å². The first kappa shape index (κ1) is 12.2. The highest BCUT2D eigenvalue weighted by atomic mass is 35.5. The molecule has 0 aliphatic carbocycles. The van der Waals surface area contributed by atoms with Crippen LogP contribution in [-0.2, 0) is 0 Å². The fourth-order valence-corrected chi connectivity index (χ4v) is 0.755. The van der Waals surface area contributed by atoms with Crippen molar-refractivity contribution in [2.75, 3.05) is 0 Å². The highest BCUT2D eigenvalue weighted by Gasteiger charge is 2.09. The van der Waals surface area contributed by atoms with E-state index in [1.54, 1.807) is 19.1 Å². The summed E-state index contributed by atoms with van der Waals surface area (Å²) in [6.07, 6.45) is -1.32. The van der Waals surface area contributed by atoms with E-state index in [4.69, 9.17) is 15.6 Å². The molecule has 0 aliphatic heterocycles. The van der Waals surface area contributed by atoms with Gasteiger partial charge in [-0.15, -0.1) is 12.4 Å². The average Bonchev–Trinajstić information content (AvgIpc) is 2.06. The molecule has 0 saturated heterocycles. The molecule has 74 valence electrons. The molecule has 3 N–H and O–H groups in total. The standard InChI is InChI=1S/C9H13NO2.ClH/c1-7(11)9(10)12-8-5-3-2-4-6-8;/h2-7,9,11H,10H2,1H3;1H. The van der Waals surface area contributed by atoms with Crippen LogP contribution in [0, 0.1) is 0 Å². The molecule has 0 saturated carbocycles. The van der Waals surface area contributed by atoms with E-state index in [0.29, 0.717) is 5.75 Å². The maximum atomic E-state index is 9.03. The molecule has 3 nitrogen and oxygen atoms in total. The Morgan fingerprint density at radius 3 is 2.31 bits per heavy atom. The Balaban J connectivity index is 0.00000144. The lowest BCUT2D eigenvalue weighted by Gasteiger charge is -2.16. The van der Waals surface area contributed by atoms with Gasteiger partial charge in [0.25, 0.3) is 0 Å². The summed E-state index contributed by atoms with van der Waals surface area (Å²) in [4.78, 5) is 0. The lowest BCUT2D eigenvalue weighted by atomic mass is 10.3. The van der Waals surface area contributed by atoms with E-state index in [9.17, 15) is 0 Å². The van der Waals surface area contributed by atoms with Gasteiger partial charge in [0.2, 0.25) is 0 Å². The lowest BCUT2D eigenvalue weighted by molar-refractivity contribution is 0.0528. The van der Waals surface area contributed by atoms with Gasteiger partial charge in [0.05, 0.1) is 0 Å². The molecule has 1 rings (SSSR count). The number of hydrogen-bond acceptors (Lipinski definition) is 3. The van der Waals surface area contributed by atoms with Gasteiger partial charge in [-0.3, -0.25) is 5.73 Å². The van der Waals surface area contributed by atoms with Crippen LogP contribution in [0.4, 0.5) is 0 Å². The second-order valence-corrected chi connectivity index (χ2v) is 2.64. The third-order valence-electron chi connectivity index (χ3n) is 1.49. The Labute approximate surface area is 83.9 Å². The van der Waals surface area contributed by atoms with E-state index in [2.05, 4.69) is 0 Å². The summed E-state index contributed by atoms with van der Waals surface area (Å²) in [6, 6.07) is 9.18. The molecule has 4 heteroatoms. The van der Waals surface area contributed by atoms with E-state index in [-0.39, 0.29) is 12.4 Å². The van der Waals surface area contributed by atoms with Crippen LogP contribution in [0.2, 0.25) is 0 Å². The Bertz CT molecular complexity index is 228. The minimum atomic E-state index is -0.662. The van der Waals surface area contributed by atoms with Gasteiger partial charge in [0.15, 0.2) is 6.23 Å². The number of para-hydroxylation sites is 1. The second-order valence-electron chi connectivity index (χ2n) is 2.64. The van der Waals surface area contributed by atoms with E-state index < -0.39 is 12.3 Å². The Hall–Kier alpha value is -0.770. The fraction of sp³-hybridized carbons (Fsp3) is 0.333. The summed E-state index contributed by atoms with van der Waals surface area (Å²) >= 11 is 0. The van der Waals surface area contributed by atoms with Gasteiger partial charge in [-0.1, -0.05) is 18.2 Å². The molecule has 1 aromatic carbocycles. The Kier molecular flexibility index (Phi) is 5.46. The van der Waals surface area contributed by atoms with Crippen LogP contribution in [-0.4, -0.2) is 17.4 Å². The van der Waals surface area contributed by atoms with E-state index in [1.807, 2.05) is 18.2 Å². The smallest absolute Gasteiger partial charge is 0.173 e. The molecule has 0 radical (unpaired) electrons. The van der Waals surface area contributed by atoms with Crippen LogP contribution in [0.25, 0.3) is 0 Å². The Morgan fingerprint density at radius 1 is 1.31 bits per heavy atom. The molecule has 0 bridgehead atoms. The van der Waals surface area contributed by atoms with Crippen molar-refractivity contribution in [3.63, 3.8) is 0 Å². The number of rotatable bonds is 3. The zero-order chi connectivity index (χ0) is 8.97. The maximum Gasteiger partial charge on any atom is 0.173 e.